The second-order valence-corrected chi connectivity index (χ2v) is 11.2. The van der Waals surface area contributed by atoms with E-state index in [1.165, 1.54) is 17.2 Å². The van der Waals surface area contributed by atoms with Crippen molar-refractivity contribution in [2.75, 3.05) is 24.5 Å². The van der Waals surface area contributed by atoms with Gasteiger partial charge in [0.2, 0.25) is 0 Å². The maximum Gasteiger partial charge on any atom is 0.418 e. The lowest BCUT2D eigenvalue weighted by molar-refractivity contribution is -0.0909. The predicted octanol–water partition coefficient (Wildman–Crippen LogP) is 5.93. The zero-order valence-electron chi connectivity index (χ0n) is 22.5. The molecule has 1 aliphatic carbocycles. The molecule has 1 atom stereocenters. The van der Waals surface area contributed by atoms with E-state index in [1.54, 1.807) is 23.5 Å². The third-order valence-corrected chi connectivity index (χ3v) is 8.48. The van der Waals surface area contributed by atoms with E-state index in [4.69, 9.17) is 0 Å². The van der Waals surface area contributed by atoms with E-state index < -0.39 is 11.7 Å². The largest absolute Gasteiger partial charge is 0.418 e. The van der Waals surface area contributed by atoms with Crippen molar-refractivity contribution in [1.29, 1.82) is 5.26 Å². The van der Waals surface area contributed by atoms with Gasteiger partial charge in [0, 0.05) is 37.6 Å². The van der Waals surface area contributed by atoms with Crippen LogP contribution in [0.4, 0.5) is 18.9 Å². The molecule has 1 aromatic heterocycles. The third-order valence-electron chi connectivity index (χ3n) is 8.48. The Morgan fingerprint density at radius 1 is 1.07 bits per heavy atom. The molecule has 6 rings (SSSR count). The molecular weight excluding hydrogens is 515 g/mol. The average Bonchev–Trinajstić information content (AvgIpc) is 3.48. The Morgan fingerprint density at radius 3 is 2.48 bits per heavy atom. The zero-order valence-corrected chi connectivity index (χ0v) is 22.5. The van der Waals surface area contributed by atoms with Crippen molar-refractivity contribution in [3.63, 3.8) is 0 Å². The van der Waals surface area contributed by atoms with Crippen LogP contribution in [0.3, 0.4) is 0 Å². The van der Waals surface area contributed by atoms with E-state index in [0.29, 0.717) is 35.1 Å². The van der Waals surface area contributed by atoms with E-state index in [-0.39, 0.29) is 11.6 Å². The first-order chi connectivity index (χ1) is 19.2. The van der Waals surface area contributed by atoms with Gasteiger partial charge in [0.05, 0.1) is 22.9 Å². The molecule has 3 aliphatic heterocycles. The molecule has 4 aliphatic rings. The normalized spacial score (nSPS) is 20.9. The summed E-state index contributed by atoms with van der Waals surface area (Å²) in [6.45, 7) is 6.43. The molecular formula is C30H32F3N7. The lowest BCUT2D eigenvalue weighted by atomic mass is 9.72. The number of benzene rings is 1. The van der Waals surface area contributed by atoms with Gasteiger partial charge in [-0.3, -0.25) is 4.90 Å². The van der Waals surface area contributed by atoms with Gasteiger partial charge in [-0.15, -0.1) is 10.2 Å². The number of likely N-dealkylation sites (tertiary alicyclic amines) is 1. The fraction of sp³-hybridized carbons (Fsp3) is 0.433. The number of nitrogens with zero attached hydrogens (tertiary/aromatic N) is 7. The first kappa shape index (κ1) is 26.4. The summed E-state index contributed by atoms with van der Waals surface area (Å²) in [7, 11) is 1.90. The van der Waals surface area contributed by atoms with E-state index in [1.807, 2.05) is 23.7 Å². The fourth-order valence-corrected chi connectivity index (χ4v) is 6.23. The number of aromatic nitrogens is 3. The van der Waals surface area contributed by atoms with Crippen LogP contribution in [0.5, 0.6) is 0 Å². The number of aryl methyl sites for hydroxylation is 1. The minimum absolute atomic E-state index is 0.0349. The van der Waals surface area contributed by atoms with Gasteiger partial charge in [0.1, 0.15) is 18.0 Å². The van der Waals surface area contributed by atoms with E-state index in [2.05, 4.69) is 27.7 Å². The maximum absolute atomic E-state index is 14.3. The number of anilines is 1. The first-order valence-electron chi connectivity index (χ1n) is 13.8. The zero-order chi connectivity index (χ0) is 28.0. The Morgan fingerprint density at radius 2 is 1.85 bits per heavy atom. The molecule has 7 nitrogen and oxygen atoms in total. The summed E-state index contributed by atoms with van der Waals surface area (Å²) in [5.74, 6) is 1.49. The molecule has 10 heteroatoms. The second kappa shape index (κ2) is 10.3. The van der Waals surface area contributed by atoms with E-state index >= 15 is 0 Å². The van der Waals surface area contributed by atoms with Crippen LogP contribution in [0.1, 0.15) is 61.4 Å². The van der Waals surface area contributed by atoms with Crippen LogP contribution in [-0.4, -0.2) is 50.4 Å². The predicted molar refractivity (Wildman–Crippen MR) is 145 cm³/mol. The van der Waals surface area contributed by atoms with Crippen molar-refractivity contribution in [2.45, 2.75) is 50.6 Å². The second-order valence-electron chi connectivity index (χ2n) is 11.2. The molecule has 0 radical (unpaired) electrons. The molecule has 2 fully saturated rings. The van der Waals surface area contributed by atoms with Gasteiger partial charge in [-0.05, 0) is 80.1 Å². The highest BCUT2D eigenvalue weighted by molar-refractivity contribution is 5.66. The summed E-state index contributed by atoms with van der Waals surface area (Å²) >= 11 is 0. The summed E-state index contributed by atoms with van der Waals surface area (Å²) < 4.78 is 44.9. The summed E-state index contributed by atoms with van der Waals surface area (Å²) in [6.07, 6.45) is 8.16. The number of nitriles is 1. The summed E-state index contributed by atoms with van der Waals surface area (Å²) in [4.78, 5) is 5.40. The minimum atomic E-state index is -4.53. The van der Waals surface area contributed by atoms with Crippen LogP contribution in [0.15, 0.2) is 72.2 Å². The Hall–Kier alpha value is -3.84. The lowest BCUT2D eigenvalue weighted by Gasteiger charge is -2.34. The molecule has 0 amide bonds. The van der Waals surface area contributed by atoms with E-state index in [0.717, 1.165) is 63.0 Å². The summed E-state index contributed by atoms with van der Waals surface area (Å²) in [6, 6.07) is 7.76. The van der Waals surface area contributed by atoms with E-state index in [9.17, 15) is 18.4 Å². The molecule has 0 bridgehead atoms. The van der Waals surface area contributed by atoms with Crippen molar-refractivity contribution in [1.82, 2.24) is 24.6 Å². The van der Waals surface area contributed by atoms with Crippen molar-refractivity contribution >= 4 is 5.69 Å². The third kappa shape index (κ3) is 4.83. The lowest BCUT2D eigenvalue weighted by Crippen LogP contribution is -2.33. The fourth-order valence-electron chi connectivity index (χ4n) is 6.23. The smallest absolute Gasteiger partial charge is 0.320 e. The molecule has 1 unspecified atom stereocenters. The number of rotatable bonds is 6. The molecule has 0 N–H and O–H groups in total. The first-order valence-corrected chi connectivity index (χ1v) is 13.8. The van der Waals surface area contributed by atoms with Crippen LogP contribution >= 0.6 is 0 Å². The Kier molecular flexibility index (Phi) is 6.78. The Labute approximate surface area is 232 Å². The number of fused-ring (bicyclic) bond motifs is 1. The van der Waals surface area contributed by atoms with Gasteiger partial charge in [-0.25, -0.2) is 0 Å². The molecule has 208 valence electrons. The van der Waals surface area contributed by atoms with Gasteiger partial charge in [-0.1, -0.05) is 19.4 Å². The Balaban J connectivity index is 1.38. The van der Waals surface area contributed by atoms with Gasteiger partial charge in [-0.2, -0.15) is 18.4 Å². The maximum atomic E-state index is 14.3. The van der Waals surface area contributed by atoms with Crippen molar-refractivity contribution < 1.29 is 13.2 Å². The molecule has 1 saturated carbocycles. The van der Waals surface area contributed by atoms with Crippen LogP contribution in [0.2, 0.25) is 0 Å². The highest BCUT2D eigenvalue weighted by atomic mass is 19.4. The average molecular weight is 548 g/mol. The molecule has 4 heterocycles. The summed E-state index contributed by atoms with van der Waals surface area (Å²) in [5, 5.41) is 18.4. The van der Waals surface area contributed by atoms with Gasteiger partial charge < -0.3 is 14.4 Å². The van der Waals surface area contributed by atoms with Crippen LogP contribution < -0.4 is 4.90 Å². The van der Waals surface area contributed by atoms with Crippen LogP contribution in [0.25, 0.3) is 0 Å². The Bertz CT molecular complexity index is 1450. The highest BCUT2D eigenvalue weighted by Crippen LogP contribution is 2.46. The molecule has 1 saturated heterocycles. The standard InChI is InChI=1S/C30H32F3N7/c1-20-39(18-27-26(30(31,32)33)13-22(17-40(20)27)16-38-9-4-3-5-10-38)25-12-21(15-34)11-24(14-25)28(23-7-6-8-23)29-36-35-19-37(29)2/h11-14,17-19,23,28H,1,3-10,16H2,2H3. The molecule has 2 aromatic rings. The summed E-state index contributed by atoms with van der Waals surface area (Å²) in [5.41, 5.74) is 1.89. The number of hydrogen-bond acceptors (Lipinski definition) is 6. The topological polar surface area (TPSA) is 64.2 Å². The number of alkyl halides is 3. The van der Waals surface area contributed by atoms with Gasteiger partial charge >= 0.3 is 6.18 Å². The van der Waals surface area contributed by atoms with Crippen LogP contribution in [-0.2, 0) is 7.05 Å². The quantitative estimate of drug-likeness (QED) is 0.447. The monoisotopic (exact) mass is 547 g/mol. The number of hydrogen-bond donors (Lipinski definition) is 0. The molecule has 0 spiro atoms. The number of halogens is 3. The SMILES string of the molecule is C=C1N2C=C(CN3CCCCC3)C=C(C(F)(F)F)C2=CN1c1cc(C#N)cc(C(c2nncn2C)C2CCC2)c1. The van der Waals surface area contributed by atoms with Crippen molar-refractivity contribution in [2.24, 2.45) is 13.0 Å². The van der Waals surface area contributed by atoms with Gasteiger partial charge in [0.15, 0.2) is 0 Å². The number of allylic oxidation sites excluding steroid dienone is 1. The molecule has 40 heavy (non-hydrogen) atoms. The minimum Gasteiger partial charge on any atom is -0.320 e. The highest BCUT2D eigenvalue weighted by Gasteiger charge is 2.43. The van der Waals surface area contributed by atoms with Gasteiger partial charge in [0.25, 0.3) is 0 Å². The molecule has 1 aromatic carbocycles. The van der Waals surface area contributed by atoms with Crippen LogP contribution in [0, 0.1) is 17.2 Å². The van der Waals surface area contributed by atoms with Crippen molar-refractivity contribution in [3.8, 4) is 6.07 Å². The number of piperidine rings is 1. The van der Waals surface area contributed by atoms with Crippen molar-refractivity contribution in [3.05, 3.63) is 89.2 Å².